The molecule has 0 aromatic heterocycles. The Hall–Kier alpha value is -14.5. The van der Waals surface area contributed by atoms with Crippen molar-refractivity contribution < 1.29 is 71.2 Å². The Morgan fingerprint density at radius 3 is 0.758 bits per heavy atom. The highest BCUT2D eigenvalue weighted by Crippen LogP contribution is 2.44. The minimum absolute atomic E-state index is 0.0896. The number of anilines is 3. The highest BCUT2D eigenvalue weighted by atomic mass is 16.5. The summed E-state index contributed by atoms with van der Waals surface area (Å²) in [6.45, 7) is 17.4. The standard InChI is InChI=1S/C42H52N4O5.C42H50N4O5.C38H48N4O5/c1-2-3-16-48-37-23-34(24-38(28-37)49-17-6-13-43)32-20-33(35-25-39(50-18-7-14-44)29-40(26-35)51-19-8-15-45)22-36(21-32)46-42(47)27-31-12-11-30-9-4-5-10-41(30)31;1-2-3-16-48-38-24-35(25-39(28-38)49-17-6-13-43)33-21-34(36-26-40(50-18-7-14-44)29-41(27-36)51-19-8-15-45)23-37(22-33)46-42(47)32-12-11-30-9-4-5-10-31(30)20-32;1-2-3-15-44-34-22-31(23-35(26-34)45-16-7-12-39)29-19-30(21-33(20-29)42-38(43)28-10-5-4-6-11-28)32-24-36(46-17-8-13-40)27-37(25-32)47-18-9-14-41/h4-5,9-10,12,20-26,28-29H,2-3,6-8,11,13-19,27,43-45H2,1H3,(H,46,47);4-5,9-12,20-29H,2-3,6-8,13-19,43-45H2,1H3,(H,46,47);4-6,10-11,19-27H,2-3,7-9,12-18,39-41H2,1H3,(H,42,43). The number of hydrogen-bond acceptors (Lipinski definition) is 24. The molecule has 0 aliphatic heterocycles. The van der Waals surface area contributed by atoms with Gasteiger partial charge in [-0.3, -0.25) is 14.4 Å². The molecule has 13 aromatic rings. The van der Waals surface area contributed by atoms with Gasteiger partial charge in [-0.1, -0.05) is 119 Å². The van der Waals surface area contributed by atoms with Gasteiger partial charge in [-0.25, -0.2) is 0 Å². The fourth-order valence-corrected chi connectivity index (χ4v) is 16.2. The highest BCUT2D eigenvalue weighted by Gasteiger charge is 2.23. The lowest BCUT2D eigenvalue weighted by atomic mass is 9.97. The maximum atomic E-state index is 13.7. The van der Waals surface area contributed by atoms with E-state index in [1.807, 2.05) is 218 Å². The topological polar surface area (TPSA) is 432 Å². The summed E-state index contributed by atoms with van der Waals surface area (Å²) in [6, 6.07) is 84.4. The van der Waals surface area contributed by atoms with Gasteiger partial charge in [0, 0.05) is 64.6 Å². The fraction of sp³-hybridized carbons (Fsp3) is 0.336. The lowest BCUT2D eigenvalue weighted by Crippen LogP contribution is -2.12. The molecule has 0 spiro atoms. The predicted molar refractivity (Wildman–Crippen MR) is 603 cm³/mol. The number of carbonyl (C=O) groups is 3. The maximum Gasteiger partial charge on any atom is 0.255 e. The number of hydrogen-bond donors (Lipinski definition) is 12. The van der Waals surface area contributed by atoms with Gasteiger partial charge in [0.05, 0.1) is 85.7 Å². The van der Waals surface area contributed by atoms with Crippen molar-refractivity contribution in [1.82, 2.24) is 0 Å². The van der Waals surface area contributed by atoms with Crippen molar-refractivity contribution in [3.8, 4) is 136 Å². The molecule has 0 saturated heterocycles. The smallest absolute Gasteiger partial charge is 0.255 e. The number of fused-ring (bicyclic) bond motifs is 2. The molecule has 21 N–H and O–H groups in total. The van der Waals surface area contributed by atoms with Crippen LogP contribution >= 0.6 is 0 Å². The van der Waals surface area contributed by atoms with Crippen LogP contribution < -0.4 is 124 Å². The monoisotopic (exact) mass is 2020 g/mol. The van der Waals surface area contributed by atoms with Crippen molar-refractivity contribution >= 4 is 51.1 Å². The molecule has 14 rings (SSSR count). The van der Waals surface area contributed by atoms with Gasteiger partial charge >= 0.3 is 0 Å². The molecule has 27 nitrogen and oxygen atoms in total. The molecule has 27 heteroatoms. The number of nitrogens with two attached hydrogens (primary N) is 9. The molecular formula is C122H150N12O15. The average molecular weight is 2020 g/mol. The second kappa shape index (κ2) is 62.6. The number of ether oxygens (including phenoxy) is 12. The van der Waals surface area contributed by atoms with Crippen molar-refractivity contribution in [2.75, 3.05) is 154 Å². The van der Waals surface area contributed by atoms with Gasteiger partial charge in [-0.15, -0.1) is 0 Å². The summed E-state index contributed by atoms with van der Waals surface area (Å²) in [7, 11) is 0. The molecule has 0 heterocycles. The third kappa shape index (κ3) is 37.1. The van der Waals surface area contributed by atoms with Gasteiger partial charge in [-0.05, 0) is 388 Å². The van der Waals surface area contributed by atoms with Gasteiger partial charge < -0.3 is 124 Å². The van der Waals surface area contributed by atoms with E-state index in [1.54, 1.807) is 12.1 Å². The number of nitrogens with one attached hydrogen (secondary N) is 3. The molecule has 1 aliphatic carbocycles. The number of allylic oxidation sites excluding steroid dienone is 1. The number of benzene rings is 13. The molecule has 13 aromatic carbocycles. The summed E-state index contributed by atoms with van der Waals surface area (Å²) in [5.74, 6) is 7.72. The summed E-state index contributed by atoms with van der Waals surface area (Å²) >= 11 is 0. The van der Waals surface area contributed by atoms with E-state index in [-0.39, 0.29) is 24.1 Å². The third-order valence-corrected chi connectivity index (χ3v) is 24.1. The fourth-order valence-electron chi connectivity index (χ4n) is 16.2. The van der Waals surface area contributed by atoms with Crippen LogP contribution in [0.3, 0.4) is 0 Å². The molecule has 0 saturated carbocycles. The van der Waals surface area contributed by atoms with Crippen LogP contribution in [0.25, 0.3) is 83.1 Å². The van der Waals surface area contributed by atoms with Crippen LogP contribution in [0.1, 0.15) is 155 Å². The van der Waals surface area contributed by atoms with Crippen LogP contribution in [0.2, 0.25) is 0 Å². The van der Waals surface area contributed by atoms with Crippen LogP contribution in [0.5, 0.6) is 69.0 Å². The van der Waals surface area contributed by atoms with E-state index in [4.69, 9.17) is 108 Å². The van der Waals surface area contributed by atoms with Crippen LogP contribution in [-0.4, -0.2) is 156 Å². The third-order valence-electron chi connectivity index (χ3n) is 24.1. The summed E-state index contributed by atoms with van der Waals surface area (Å²) in [4.78, 5) is 40.6. The Kier molecular flexibility index (Phi) is 47.6. The minimum Gasteiger partial charge on any atom is -0.493 e. The van der Waals surface area contributed by atoms with Crippen LogP contribution in [-0.2, 0) is 11.2 Å². The lowest BCUT2D eigenvalue weighted by molar-refractivity contribution is -0.115. The first-order valence-corrected chi connectivity index (χ1v) is 52.5. The molecule has 0 atom stereocenters. The quantitative estimate of drug-likeness (QED) is 0.0158. The van der Waals surface area contributed by atoms with Gasteiger partial charge in [-0.2, -0.15) is 0 Å². The molecule has 0 unspecified atom stereocenters. The predicted octanol–water partition coefficient (Wildman–Crippen LogP) is 21.8. The van der Waals surface area contributed by atoms with E-state index >= 15 is 0 Å². The van der Waals surface area contributed by atoms with E-state index in [1.165, 1.54) is 5.56 Å². The van der Waals surface area contributed by atoms with E-state index in [2.05, 4.69) is 73.1 Å². The second-order valence-corrected chi connectivity index (χ2v) is 36.2. The van der Waals surface area contributed by atoms with Crippen LogP contribution in [0.4, 0.5) is 17.1 Å². The Morgan fingerprint density at radius 2 is 0.477 bits per heavy atom. The van der Waals surface area contributed by atoms with Crippen molar-refractivity contribution in [1.29, 1.82) is 0 Å². The molecule has 149 heavy (non-hydrogen) atoms. The molecule has 0 fully saturated rings. The van der Waals surface area contributed by atoms with Gasteiger partial charge in [0.25, 0.3) is 11.8 Å². The van der Waals surface area contributed by atoms with E-state index in [9.17, 15) is 14.4 Å². The Labute approximate surface area is 877 Å². The molecule has 788 valence electrons. The van der Waals surface area contributed by atoms with Crippen LogP contribution in [0, 0.1) is 0 Å². The van der Waals surface area contributed by atoms with E-state index < -0.39 is 0 Å². The summed E-state index contributed by atoms with van der Waals surface area (Å²) in [5.41, 5.74) is 68.5. The first kappa shape index (κ1) is 113. The van der Waals surface area contributed by atoms with Crippen molar-refractivity contribution in [3.05, 3.63) is 289 Å². The van der Waals surface area contributed by atoms with Crippen molar-refractivity contribution in [2.24, 2.45) is 51.6 Å². The largest absolute Gasteiger partial charge is 0.493 e. The SMILES string of the molecule is CCCCOc1cc(OCCCN)cc(-c2cc(NC(=O)CC3=CCc4ccccc43)cc(-c3cc(OCCCN)cc(OCCCN)c3)c2)c1.CCCCOc1cc(OCCCN)cc(-c2cc(NC(=O)c3ccc4ccccc4c3)cc(-c3cc(OCCCN)cc(OCCCN)c3)c2)c1.CCCCOc1cc(OCCCN)cc(-c2cc(NC(=O)c3ccccc3)cc(-c3cc(OCCCN)cc(OCCCN)c3)c2)c1. The zero-order chi connectivity index (χ0) is 105. The number of carbonyl (C=O) groups excluding carboxylic acids is 3. The lowest BCUT2D eigenvalue weighted by Gasteiger charge is -2.16. The molecule has 3 amide bonds. The van der Waals surface area contributed by atoms with Gasteiger partial charge in [0.2, 0.25) is 5.91 Å². The summed E-state index contributed by atoms with van der Waals surface area (Å²) in [6.07, 6.45) is 15.7. The summed E-state index contributed by atoms with van der Waals surface area (Å²) in [5, 5.41) is 11.5. The minimum atomic E-state index is -0.212. The van der Waals surface area contributed by atoms with E-state index in [0.717, 1.165) is 197 Å². The van der Waals surface area contributed by atoms with Crippen molar-refractivity contribution in [2.45, 2.75) is 130 Å². The zero-order valence-electron chi connectivity index (χ0n) is 86.6. The molecule has 0 radical (unpaired) electrons. The summed E-state index contributed by atoms with van der Waals surface area (Å²) < 4.78 is 73.2. The maximum absolute atomic E-state index is 13.7. The number of unbranched alkanes of at least 4 members (excludes halogenated alkanes) is 3. The van der Waals surface area contributed by atoms with Crippen LogP contribution in [0.15, 0.2) is 267 Å². The first-order valence-electron chi connectivity index (χ1n) is 52.5. The first-order chi connectivity index (χ1) is 73.0. The van der Waals surface area contributed by atoms with E-state index in [0.29, 0.717) is 230 Å². The number of rotatable bonds is 61. The molecular weight excluding hydrogens is 1870 g/mol. The van der Waals surface area contributed by atoms with Gasteiger partial charge in [0.15, 0.2) is 0 Å². The second-order valence-electron chi connectivity index (χ2n) is 36.2. The Morgan fingerprint density at radius 1 is 0.235 bits per heavy atom. The normalized spacial score (nSPS) is 11.2. The Bertz CT molecular complexity index is 5980. The van der Waals surface area contributed by atoms with Gasteiger partial charge in [0.1, 0.15) is 69.0 Å². The molecule has 1 aliphatic rings. The molecule has 0 bridgehead atoms. The zero-order valence-corrected chi connectivity index (χ0v) is 86.6. The Balaban J connectivity index is 0.000000198. The number of amides is 3. The highest BCUT2D eigenvalue weighted by molar-refractivity contribution is 6.08. The van der Waals surface area contributed by atoms with Crippen molar-refractivity contribution in [3.63, 3.8) is 0 Å². The average Bonchev–Trinajstić information content (AvgIpc) is 1.37.